The molecule has 1 saturated heterocycles. The van der Waals surface area contributed by atoms with Gasteiger partial charge in [0.05, 0.1) is 18.6 Å². The molecule has 0 saturated carbocycles. The van der Waals surface area contributed by atoms with Gasteiger partial charge in [0, 0.05) is 42.9 Å². The highest BCUT2D eigenvalue weighted by Gasteiger charge is 2.39. The number of nitrogens with two attached hydrogens (primary N) is 2. The van der Waals surface area contributed by atoms with E-state index in [1.165, 1.54) is 30.9 Å². The highest BCUT2D eigenvalue weighted by molar-refractivity contribution is 5.99. The summed E-state index contributed by atoms with van der Waals surface area (Å²) in [5.41, 5.74) is 14.2. The van der Waals surface area contributed by atoms with Crippen LogP contribution in [0.1, 0.15) is 70.1 Å². The van der Waals surface area contributed by atoms with Crippen molar-refractivity contribution in [3.63, 3.8) is 0 Å². The molecule has 3 aromatic carbocycles. The van der Waals surface area contributed by atoms with Crippen LogP contribution in [0.5, 0.6) is 5.75 Å². The van der Waals surface area contributed by atoms with Crippen LogP contribution < -0.4 is 48.7 Å². The molecule has 414 valence electrons. The molecule has 77 heavy (non-hydrogen) atoms. The number of aromatic nitrogens is 1. The summed E-state index contributed by atoms with van der Waals surface area (Å²) < 4.78 is 0. The molecule has 1 aliphatic rings. The number of amides is 9. The van der Waals surface area contributed by atoms with Gasteiger partial charge in [0.25, 0.3) is 0 Å². The number of nitrogens with zero attached hydrogens (tertiary/aromatic N) is 1. The van der Waals surface area contributed by atoms with Crippen molar-refractivity contribution in [2.24, 2.45) is 17.4 Å². The minimum Gasteiger partial charge on any atom is -0.508 e. The van der Waals surface area contributed by atoms with Crippen molar-refractivity contribution < 1.29 is 63.3 Å². The molecule has 9 amide bonds. The Kier molecular flexibility index (Phi) is 21.6. The van der Waals surface area contributed by atoms with Gasteiger partial charge < -0.3 is 73.9 Å². The summed E-state index contributed by atoms with van der Waals surface area (Å²) in [4.78, 5) is 139. The van der Waals surface area contributed by atoms with Gasteiger partial charge in [0.1, 0.15) is 54.6 Å². The third-order valence-corrected chi connectivity index (χ3v) is 12.8. The van der Waals surface area contributed by atoms with E-state index in [4.69, 9.17) is 16.6 Å². The lowest BCUT2D eigenvalue weighted by atomic mass is 10.0. The van der Waals surface area contributed by atoms with Gasteiger partial charge in [-0.25, -0.2) is 0 Å². The van der Waals surface area contributed by atoms with Crippen LogP contribution in [-0.4, -0.2) is 152 Å². The van der Waals surface area contributed by atoms with E-state index >= 15 is 0 Å². The van der Waals surface area contributed by atoms with Crippen molar-refractivity contribution in [2.45, 2.75) is 127 Å². The zero-order chi connectivity index (χ0) is 56.5. The maximum Gasteiger partial charge on any atom is 0.322 e. The van der Waals surface area contributed by atoms with Crippen LogP contribution in [0.15, 0.2) is 85.1 Å². The third kappa shape index (κ3) is 17.6. The van der Waals surface area contributed by atoms with Gasteiger partial charge in [-0.15, -0.1) is 0 Å². The minimum atomic E-state index is -1.77. The molecule has 5 rings (SSSR count). The monoisotopic (exact) mass is 1070 g/mol. The van der Waals surface area contributed by atoms with Gasteiger partial charge >= 0.3 is 5.97 Å². The lowest BCUT2D eigenvalue weighted by Crippen LogP contribution is -2.61. The van der Waals surface area contributed by atoms with E-state index in [1.807, 2.05) is 13.8 Å². The Bertz CT molecular complexity index is 2750. The largest absolute Gasteiger partial charge is 0.508 e. The number of hydrogen-bond donors (Lipinski definition) is 13. The Balaban J connectivity index is 1.42. The lowest BCUT2D eigenvalue weighted by Gasteiger charge is -2.29. The fourth-order valence-corrected chi connectivity index (χ4v) is 8.82. The van der Waals surface area contributed by atoms with Gasteiger partial charge in [-0.05, 0) is 73.9 Å². The average molecular weight is 1070 g/mol. The van der Waals surface area contributed by atoms with Crippen molar-refractivity contribution in [1.82, 2.24) is 47.1 Å². The Morgan fingerprint density at radius 3 is 1.84 bits per heavy atom. The Labute approximate surface area is 444 Å². The Hall–Kier alpha value is -8.38. The molecule has 1 fully saturated rings. The number of aliphatic hydroxyl groups excluding tert-OH is 1. The maximum atomic E-state index is 14.7. The number of carbonyl (C=O) groups excluding carboxylic acids is 9. The van der Waals surface area contributed by atoms with Crippen LogP contribution in [-0.2, 0) is 67.2 Å². The molecule has 4 aromatic rings. The number of hydrogen-bond acceptors (Lipinski definition) is 13. The summed E-state index contributed by atoms with van der Waals surface area (Å²) in [6.45, 7) is 5.73. The minimum absolute atomic E-state index is 0.0581. The van der Waals surface area contributed by atoms with Gasteiger partial charge in [0.2, 0.25) is 53.2 Å². The van der Waals surface area contributed by atoms with E-state index in [1.54, 1.807) is 72.9 Å². The number of carboxylic acids is 1. The first kappa shape index (κ1) is 59.5. The summed E-state index contributed by atoms with van der Waals surface area (Å²) in [6, 6.07) is 10.3. The molecule has 15 N–H and O–H groups in total. The molecule has 0 radical (unpaired) electrons. The molecule has 1 aromatic heterocycles. The second kappa shape index (κ2) is 28.0. The first-order valence-corrected chi connectivity index (χ1v) is 25.2. The van der Waals surface area contributed by atoms with Crippen LogP contribution in [0.25, 0.3) is 10.9 Å². The summed E-state index contributed by atoms with van der Waals surface area (Å²) in [6.07, 6.45) is -0.0342. The quantitative estimate of drug-likeness (QED) is 0.0329. The number of carboxylic acid groups (broad SMARTS) is 1. The number of phenolic OH excluding ortho intramolecular Hbond substituents is 1. The van der Waals surface area contributed by atoms with E-state index < -0.39 is 127 Å². The van der Waals surface area contributed by atoms with Crippen LogP contribution in [0.3, 0.4) is 0 Å². The molecule has 0 spiro atoms. The van der Waals surface area contributed by atoms with Crippen molar-refractivity contribution >= 4 is 70.0 Å². The van der Waals surface area contributed by atoms with Crippen LogP contribution >= 0.6 is 0 Å². The van der Waals surface area contributed by atoms with Gasteiger partial charge in [-0.2, -0.15) is 0 Å². The molecule has 2 heterocycles. The van der Waals surface area contributed by atoms with E-state index in [0.29, 0.717) is 46.9 Å². The second-order valence-electron chi connectivity index (χ2n) is 19.5. The first-order chi connectivity index (χ1) is 36.5. The number of aromatic amines is 1. The lowest BCUT2D eigenvalue weighted by molar-refractivity contribution is -0.140. The maximum absolute atomic E-state index is 14.7. The molecular formula is C53H69N11O13. The number of likely N-dealkylation sites (tertiary alicyclic amines) is 1. The molecule has 0 unspecified atom stereocenters. The number of aliphatic carboxylic acids is 1. The van der Waals surface area contributed by atoms with E-state index in [2.05, 4.69) is 42.2 Å². The zero-order valence-electron chi connectivity index (χ0n) is 43.2. The molecule has 24 heteroatoms. The number of nitrogens with one attached hydrogen (secondary N) is 8. The van der Waals surface area contributed by atoms with Crippen molar-refractivity contribution in [3.8, 4) is 5.75 Å². The predicted octanol–water partition coefficient (Wildman–Crippen LogP) is -1.35. The molecular weight excluding hydrogens is 999 g/mol. The second-order valence-corrected chi connectivity index (χ2v) is 19.5. The summed E-state index contributed by atoms with van der Waals surface area (Å²) >= 11 is 0. The van der Waals surface area contributed by atoms with Crippen molar-refractivity contribution in [1.29, 1.82) is 0 Å². The number of rotatable bonds is 27. The predicted molar refractivity (Wildman–Crippen MR) is 280 cm³/mol. The average Bonchev–Trinajstić information content (AvgIpc) is 4.05. The SMILES string of the molecule is CC(C)C[C@H](N)C(=O)N1CCC[C@H]1C(=O)N[C@@H](Cc1ccc(O)cc1)C(=O)N[C@@H](Cc1c[nH]c2ccccc12)C(=O)N[C@@H](CC(N)=O)C(=O)N[C@@H](Cc1ccccc1)C(=O)N[C@@H](C)C(=O)N[C@H](C(=O)NCC(=O)O)[C@@H](C)O. The number of primary amides is 1. The molecule has 24 nitrogen and oxygen atoms in total. The zero-order valence-corrected chi connectivity index (χ0v) is 43.2. The van der Waals surface area contributed by atoms with E-state index in [9.17, 15) is 58.2 Å². The van der Waals surface area contributed by atoms with Gasteiger partial charge in [-0.3, -0.25) is 47.9 Å². The summed E-state index contributed by atoms with van der Waals surface area (Å²) in [7, 11) is 0. The van der Waals surface area contributed by atoms with Gasteiger partial charge in [0.15, 0.2) is 0 Å². The highest BCUT2D eigenvalue weighted by atomic mass is 16.4. The molecule has 1 aliphatic heterocycles. The number of fused-ring (bicyclic) bond motifs is 1. The standard InChI is InChI=1S/C53H69N11O13/c1-28(2)21-36(54)53(77)64-20-10-15-42(64)51(75)62-39(23-32-16-18-34(66)19-17-32)48(72)60-40(24-33-26-56-37-14-9-8-13-35(33)37)49(73)61-41(25-43(55)67)50(74)59-38(22-31-11-6-5-7-12-31)47(71)58-29(3)46(70)63-45(30(4)65)52(76)57-27-44(68)69/h5-9,11-14,16-19,26,28-30,36,38-42,45,56,65-66H,10,15,20-25,27,54H2,1-4H3,(H2,55,67)(H,57,76)(H,58,71)(H,59,74)(H,60,72)(H,61,73)(H,62,75)(H,63,70)(H,68,69)/t29-,30+,36-,38-,39-,40-,41-,42-,45-/m0/s1. The first-order valence-electron chi connectivity index (χ1n) is 25.2. The van der Waals surface area contributed by atoms with Crippen molar-refractivity contribution in [2.75, 3.05) is 13.1 Å². The summed E-state index contributed by atoms with van der Waals surface area (Å²) in [5.74, 6) is -9.26. The van der Waals surface area contributed by atoms with Crippen LogP contribution in [0.4, 0.5) is 0 Å². The number of H-pyrrole nitrogens is 1. The smallest absolute Gasteiger partial charge is 0.322 e. The number of aliphatic hydroxyl groups is 1. The number of para-hydroxylation sites is 1. The van der Waals surface area contributed by atoms with Crippen molar-refractivity contribution in [3.05, 3.63) is 102 Å². The molecule has 0 aliphatic carbocycles. The van der Waals surface area contributed by atoms with E-state index in [-0.39, 0.29) is 37.5 Å². The highest BCUT2D eigenvalue weighted by Crippen LogP contribution is 2.22. The van der Waals surface area contributed by atoms with E-state index in [0.717, 1.165) is 0 Å². The Morgan fingerprint density at radius 1 is 0.675 bits per heavy atom. The normalized spacial score (nSPS) is 16.3. The van der Waals surface area contributed by atoms with Gasteiger partial charge in [-0.1, -0.05) is 74.5 Å². The number of aromatic hydroxyl groups is 1. The van der Waals surface area contributed by atoms with Crippen LogP contribution in [0.2, 0.25) is 0 Å². The number of carbonyl (C=O) groups is 10. The fraction of sp³-hybridized carbons (Fsp3) is 0.434. The third-order valence-electron chi connectivity index (χ3n) is 12.8. The topological polar surface area (TPSA) is 387 Å². The van der Waals surface area contributed by atoms with Crippen LogP contribution in [0, 0.1) is 5.92 Å². The Morgan fingerprint density at radius 2 is 1.23 bits per heavy atom. The fourth-order valence-electron chi connectivity index (χ4n) is 8.82. The number of phenols is 1. The molecule has 9 atom stereocenters. The molecule has 0 bridgehead atoms. The summed E-state index contributed by atoms with van der Waals surface area (Å²) in [5, 5.41) is 47.2. The number of benzene rings is 3.